The van der Waals surface area contributed by atoms with Crippen molar-refractivity contribution in [3.8, 4) is 0 Å². The summed E-state index contributed by atoms with van der Waals surface area (Å²) >= 11 is 6.32. The van der Waals surface area contributed by atoms with E-state index < -0.39 is 6.09 Å². The monoisotopic (exact) mass is 337 g/mol. The van der Waals surface area contributed by atoms with Crippen LogP contribution in [0, 0.1) is 0 Å². The Labute approximate surface area is 142 Å². The molecule has 1 N–H and O–H groups in total. The highest BCUT2D eigenvalue weighted by Gasteiger charge is 2.20. The first-order chi connectivity index (χ1) is 11.1. The van der Waals surface area contributed by atoms with Crippen LogP contribution in [0.25, 0.3) is 0 Å². The first-order valence-corrected chi connectivity index (χ1v) is 8.74. The minimum absolute atomic E-state index is 0.578. The maximum absolute atomic E-state index is 11.0. The number of rotatable bonds is 3. The number of anilines is 1. The summed E-state index contributed by atoms with van der Waals surface area (Å²) in [5.74, 6) is 0. The summed E-state index contributed by atoms with van der Waals surface area (Å²) in [4.78, 5) is 17.2. The molecule has 6 heteroatoms. The quantitative estimate of drug-likeness (QED) is 0.920. The molecule has 0 bridgehead atoms. The zero-order chi connectivity index (χ0) is 16.2. The molecule has 126 valence electrons. The summed E-state index contributed by atoms with van der Waals surface area (Å²) in [6, 6.07) is 6.32. The molecule has 1 aromatic carbocycles. The molecule has 0 saturated carbocycles. The molecule has 0 aliphatic carbocycles. The van der Waals surface area contributed by atoms with Crippen molar-refractivity contribution in [2.45, 2.75) is 25.8 Å². The third-order valence-corrected chi connectivity index (χ3v) is 4.93. The van der Waals surface area contributed by atoms with Crippen LogP contribution in [0.3, 0.4) is 0 Å². The van der Waals surface area contributed by atoms with Crippen LogP contribution >= 0.6 is 11.6 Å². The van der Waals surface area contributed by atoms with Crippen molar-refractivity contribution in [3.05, 3.63) is 28.8 Å². The number of carbonyl (C=O) groups is 1. The van der Waals surface area contributed by atoms with Gasteiger partial charge in [0.05, 0.1) is 0 Å². The van der Waals surface area contributed by atoms with Crippen molar-refractivity contribution in [2.75, 3.05) is 44.2 Å². The molecule has 1 aromatic rings. The molecular formula is C17H24ClN3O2. The molecule has 3 rings (SSSR count). The van der Waals surface area contributed by atoms with Gasteiger partial charge in [0.25, 0.3) is 0 Å². The SMILES string of the molecule is O=C(O)N1CCN(Cc2cc(Cl)cc(N3CCCCC3)c2)CC1. The molecule has 0 atom stereocenters. The van der Waals surface area contributed by atoms with E-state index in [1.807, 2.05) is 6.07 Å². The third-order valence-electron chi connectivity index (χ3n) is 4.71. The Morgan fingerprint density at radius 2 is 1.70 bits per heavy atom. The van der Waals surface area contributed by atoms with Crippen molar-refractivity contribution in [2.24, 2.45) is 0 Å². The van der Waals surface area contributed by atoms with E-state index in [1.54, 1.807) is 0 Å². The van der Waals surface area contributed by atoms with E-state index in [2.05, 4.69) is 21.9 Å². The lowest BCUT2D eigenvalue weighted by molar-refractivity contribution is 0.103. The summed E-state index contributed by atoms with van der Waals surface area (Å²) < 4.78 is 0. The molecule has 2 fully saturated rings. The predicted octanol–water partition coefficient (Wildman–Crippen LogP) is 3.13. The summed E-state index contributed by atoms with van der Waals surface area (Å²) in [7, 11) is 0. The standard InChI is InChI=1S/C17H24ClN3O2/c18-15-10-14(11-16(12-15)20-4-2-1-3-5-20)13-19-6-8-21(9-7-19)17(22)23/h10-12H,1-9,13H2,(H,22,23). The Balaban J connectivity index is 1.64. The fourth-order valence-corrected chi connectivity index (χ4v) is 3.67. The maximum Gasteiger partial charge on any atom is 0.407 e. The fourth-order valence-electron chi connectivity index (χ4n) is 3.41. The average molecular weight is 338 g/mol. The van der Waals surface area contributed by atoms with Crippen LogP contribution < -0.4 is 4.90 Å². The fraction of sp³-hybridized carbons (Fsp3) is 0.588. The normalized spacial score (nSPS) is 19.9. The first kappa shape index (κ1) is 16.4. The number of amides is 1. The second kappa shape index (κ2) is 7.41. The number of nitrogens with zero attached hydrogens (tertiary/aromatic N) is 3. The van der Waals surface area contributed by atoms with Gasteiger partial charge in [0.2, 0.25) is 0 Å². The van der Waals surface area contributed by atoms with Gasteiger partial charge >= 0.3 is 6.09 Å². The van der Waals surface area contributed by atoms with Crippen molar-refractivity contribution < 1.29 is 9.90 Å². The molecule has 0 aromatic heterocycles. The summed E-state index contributed by atoms with van der Waals surface area (Å²) in [6.45, 7) is 5.75. The van der Waals surface area contributed by atoms with Crippen LogP contribution in [0.5, 0.6) is 0 Å². The van der Waals surface area contributed by atoms with Crippen molar-refractivity contribution in [1.82, 2.24) is 9.80 Å². The third kappa shape index (κ3) is 4.30. The van der Waals surface area contributed by atoms with Gasteiger partial charge in [0.15, 0.2) is 0 Å². The number of piperidine rings is 1. The molecule has 1 amide bonds. The second-order valence-electron chi connectivity index (χ2n) is 6.41. The number of halogens is 1. The van der Waals surface area contributed by atoms with Gasteiger partial charge in [-0.2, -0.15) is 0 Å². The van der Waals surface area contributed by atoms with Crippen LogP contribution in [-0.2, 0) is 6.54 Å². The molecule has 23 heavy (non-hydrogen) atoms. The Hall–Kier alpha value is -1.46. The van der Waals surface area contributed by atoms with E-state index in [4.69, 9.17) is 16.7 Å². The van der Waals surface area contributed by atoms with Crippen LogP contribution in [0.4, 0.5) is 10.5 Å². The van der Waals surface area contributed by atoms with Crippen LogP contribution in [0.2, 0.25) is 5.02 Å². The molecule has 0 unspecified atom stereocenters. The summed E-state index contributed by atoms with van der Waals surface area (Å²) in [5, 5.41) is 9.80. The molecule has 0 radical (unpaired) electrons. The minimum Gasteiger partial charge on any atom is -0.465 e. The van der Waals surface area contributed by atoms with Gasteiger partial charge in [-0.25, -0.2) is 4.79 Å². The van der Waals surface area contributed by atoms with Crippen molar-refractivity contribution in [1.29, 1.82) is 0 Å². The molecule has 2 heterocycles. The predicted molar refractivity (Wildman–Crippen MR) is 92.4 cm³/mol. The van der Waals surface area contributed by atoms with Crippen LogP contribution in [0.1, 0.15) is 24.8 Å². The van der Waals surface area contributed by atoms with Crippen LogP contribution in [0.15, 0.2) is 18.2 Å². The zero-order valence-corrected chi connectivity index (χ0v) is 14.1. The zero-order valence-electron chi connectivity index (χ0n) is 13.4. The Morgan fingerprint density at radius 1 is 1.00 bits per heavy atom. The molecule has 2 saturated heterocycles. The first-order valence-electron chi connectivity index (χ1n) is 8.36. The Bertz CT molecular complexity index is 553. The van der Waals surface area contributed by atoms with E-state index >= 15 is 0 Å². The minimum atomic E-state index is -0.820. The number of carboxylic acid groups (broad SMARTS) is 1. The van der Waals surface area contributed by atoms with Gasteiger partial charge in [0.1, 0.15) is 0 Å². The van der Waals surface area contributed by atoms with E-state index in [0.29, 0.717) is 13.1 Å². The second-order valence-corrected chi connectivity index (χ2v) is 6.85. The summed E-state index contributed by atoms with van der Waals surface area (Å²) in [5.41, 5.74) is 2.43. The average Bonchev–Trinajstić information content (AvgIpc) is 2.55. The van der Waals surface area contributed by atoms with Crippen molar-refractivity contribution >= 4 is 23.4 Å². The lowest BCUT2D eigenvalue weighted by Crippen LogP contribution is -2.47. The topological polar surface area (TPSA) is 47.0 Å². The van der Waals surface area contributed by atoms with E-state index in [9.17, 15) is 4.79 Å². The largest absolute Gasteiger partial charge is 0.465 e. The molecular weight excluding hydrogens is 314 g/mol. The van der Waals surface area contributed by atoms with Gasteiger partial charge in [-0.15, -0.1) is 0 Å². The van der Waals surface area contributed by atoms with Crippen molar-refractivity contribution in [3.63, 3.8) is 0 Å². The lowest BCUT2D eigenvalue weighted by Gasteiger charge is -2.33. The number of benzene rings is 1. The molecule has 0 spiro atoms. The van der Waals surface area contributed by atoms with Gasteiger partial charge in [0, 0.05) is 56.5 Å². The highest BCUT2D eigenvalue weighted by molar-refractivity contribution is 6.30. The van der Waals surface area contributed by atoms with Gasteiger partial charge in [-0.3, -0.25) is 4.90 Å². The number of hydrogen-bond donors (Lipinski definition) is 1. The molecule has 5 nitrogen and oxygen atoms in total. The molecule has 2 aliphatic rings. The van der Waals surface area contributed by atoms with E-state index in [1.165, 1.54) is 35.4 Å². The number of piperazine rings is 1. The van der Waals surface area contributed by atoms with Gasteiger partial charge < -0.3 is 14.9 Å². The summed E-state index contributed by atoms with van der Waals surface area (Å²) in [6.07, 6.45) is 3.00. The highest BCUT2D eigenvalue weighted by atomic mass is 35.5. The van der Waals surface area contributed by atoms with E-state index in [-0.39, 0.29) is 0 Å². The van der Waals surface area contributed by atoms with Crippen LogP contribution in [-0.4, -0.2) is 60.3 Å². The molecule has 2 aliphatic heterocycles. The van der Waals surface area contributed by atoms with Gasteiger partial charge in [-0.1, -0.05) is 11.6 Å². The smallest absolute Gasteiger partial charge is 0.407 e. The van der Waals surface area contributed by atoms with Gasteiger partial charge in [-0.05, 0) is 43.0 Å². The number of hydrogen-bond acceptors (Lipinski definition) is 3. The van der Waals surface area contributed by atoms with E-state index in [0.717, 1.165) is 37.7 Å². The maximum atomic E-state index is 11.0. The highest BCUT2D eigenvalue weighted by Crippen LogP contribution is 2.26. The Kier molecular flexibility index (Phi) is 5.28. The Morgan fingerprint density at radius 3 is 2.35 bits per heavy atom. The lowest BCUT2D eigenvalue weighted by atomic mass is 10.1.